The lowest BCUT2D eigenvalue weighted by Gasteiger charge is -2.38. The second kappa shape index (κ2) is 7.46. The Hall–Kier alpha value is -2.38. The van der Waals surface area contributed by atoms with Crippen molar-refractivity contribution >= 4 is 55.9 Å². The maximum atomic E-state index is 13.2. The molecule has 1 atom stereocenters. The van der Waals surface area contributed by atoms with E-state index in [4.69, 9.17) is 0 Å². The van der Waals surface area contributed by atoms with Gasteiger partial charge < -0.3 is 10.2 Å². The zero-order chi connectivity index (χ0) is 20.8. The van der Waals surface area contributed by atoms with Gasteiger partial charge in [-0.2, -0.15) is 0 Å². The number of nitrogens with one attached hydrogen (secondary N) is 1. The summed E-state index contributed by atoms with van der Waals surface area (Å²) in [6.07, 6.45) is 0. The first-order valence-electron chi connectivity index (χ1n) is 9.65. The molecule has 2 heterocycles. The number of hydrogen-bond acceptors (Lipinski definition) is 5. The van der Waals surface area contributed by atoms with E-state index >= 15 is 0 Å². The van der Waals surface area contributed by atoms with E-state index in [0.717, 1.165) is 20.8 Å². The molecule has 0 aliphatic carbocycles. The van der Waals surface area contributed by atoms with Crippen LogP contribution in [0.25, 0.3) is 10.2 Å². The van der Waals surface area contributed by atoms with E-state index in [1.165, 1.54) is 28.7 Å². The number of para-hydroxylation sites is 1. The number of thioether (sulfide) groups is 1. The second-order valence-electron chi connectivity index (χ2n) is 7.51. The minimum Gasteiger partial charge on any atom is -0.310 e. The van der Waals surface area contributed by atoms with Crippen molar-refractivity contribution in [2.24, 2.45) is 0 Å². The number of hydrogen-bond donors (Lipinski definition) is 1. The molecule has 2 aromatic carbocycles. The topological polar surface area (TPSA) is 62.3 Å². The molecular weight excluding hydrogens is 402 g/mol. The van der Waals surface area contributed by atoms with E-state index in [0.29, 0.717) is 17.6 Å². The van der Waals surface area contributed by atoms with Crippen LogP contribution in [0.1, 0.15) is 39.2 Å². The number of carbonyl (C=O) groups is 2. The van der Waals surface area contributed by atoms with Crippen molar-refractivity contribution in [3.8, 4) is 0 Å². The lowest BCUT2D eigenvalue weighted by atomic mass is 10.0. The molecule has 0 bridgehead atoms. The van der Waals surface area contributed by atoms with Crippen LogP contribution in [0.4, 0.5) is 10.8 Å². The molecular formula is C22H23N3O2S2. The molecule has 1 aromatic heterocycles. The van der Waals surface area contributed by atoms with Gasteiger partial charge in [0.15, 0.2) is 9.88 Å². The minimum atomic E-state index is -1.24. The first-order valence-corrected chi connectivity index (χ1v) is 11.3. The number of anilines is 2. The zero-order valence-electron chi connectivity index (χ0n) is 16.9. The highest BCUT2D eigenvalue weighted by molar-refractivity contribution is 8.02. The fourth-order valence-corrected chi connectivity index (χ4v) is 5.54. The van der Waals surface area contributed by atoms with Crippen LogP contribution in [0.2, 0.25) is 0 Å². The van der Waals surface area contributed by atoms with Crippen LogP contribution in [0.3, 0.4) is 0 Å². The number of carbonyl (C=O) groups excluding carboxylic acids is 2. The van der Waals surface area contributed by atoms with Gasteiger partial charge in [-0.3, -0.25) is 9.59 Å². The largest absolute Gasteiger partial charge is 0.310 e. The number of aromatic nitrogens is 1. The van der Waals surface area contributed by atoms with Gasteiger partial charge in [-0.05, 0) is 49.6 Å². The summed E-state index contributed by atoms with van der Waals surface area (Å²) < 4.78 is -0.217. The summed E-state index contributed by atoms with van der Waals surface area (Å²) in [5.41, 5.74) is 2.94. The molecule has 0 radical (unpaired) electrons. The smallest absolute Gasteiger partial charge is 0.252 e. The molecule has 3 aromatic rings. The Balaban J connectivity index is 1.64. The predicted molar refractivity (Wildman–Crippen MR) is 121 cm³/mol. The van der Waals surface area contributed by atoms with Crippen LogP contribution in [0.15, 0.2) is 47.4 Å². The lowest BCUT2D eigenvalue weighted by molar-refractivity contribution is -0.128. The van der Waals surface area contributed by atoms with Gasteiger partial charge >= 0.3 is 0 Å². The highest BCUT2D eigenvalue weighted by Crippen LogP contribution is 2.45. The Morgan fingerprint density at radius 3 is 2.72 bits per heavy atom. The molecule has 1 aliphatic rings. The molecule has 5 nitrogen and oxygen atoms in total. The molecule has 1 aliphatic heterocycles. The van der Waals surface area contributed by atoms with E-state index in [1.54, 1.807) is 11.8 Å². The third kappa shape index (κ3) is 3.42. The van der Waals surface area contributed by atoms with Crippen molar-refractivity contribution in [2.75, 3.05) is 16.8 Å². The molecule has 4 rings (SSSR count). The summed E-state index contributed by atoms with van der Waals surface area (Å²) in [6.45, 7) is 8.42. The van der Waals surface area contributed by atoms with E-state index in [2.05, 4.69) is 36.3 Å². The number of amides is 2. The average molecular weight is 426 g/mol. The monoisotopic (exact) mass is 425 g/mol. The van der Waals surface area contributed by atoms with E-state index in [9.17, 15) is 9.59 Å². The molecule has 1 unspecified atom stereocenters. The van der Waals surface area contributed by atoms with Crippen LogP contribution in [-0.4, -0.2) is 28.1 Å². The van der Waals surface area contributed by atoms with Gasteiger partial charge in [-0.1, -0.05) is 55.1 Å². The van der Waals surface area contributed by atoms with Crippen molar-refractivity contribution < 1.29 is 9.59 Å². The number of thiazole rings is 1. The molecule has 29 heavy (non-hydrogen) atoms. The van der Waals surface area contributed by atoms with Gasteiger partial charge in [-0.15, -0.1) is 0 Å². The van der Waals surface area contributed by atoms with Crippen LogP contribution in [-0.2, 0) is 9.59 Å². The molecule has 0 saturated heterocycles. The zero-order valence-corrected chi connectivity index (χ0v) is 18.5. The van der Waals surface area contributed by atoms with E-state index in [1.807, 2.05) is 37.3 Å². The quantitative estimate of drug-likeness (QED) is 0.578. The van der Waals surface area contributed by atoms with Crippen molar-refractivity contribution in [1.29, 1.82) is 0 Å². The van der Waals surface area contributed by atoms with Crippen molar-refractivity contribution in [3.63, 3.8) is 0 Å². The Kier molecular flexibility index (Phi) is 5.12. The maximum Gasteiger partial charge on any atom is 0.252 e. The number of nitrogens with zero attached hydrogens (tertiary/aromatic N) is 2. The number of rotatable bonds is 4. The van der Waals surface area contributed by atoms with Crippen LogP contribution in [0, 0.1) is 0 Å². The third-order valence-corrected chi connectivity index (χ3v) is 7.44. The van der Waals surface area contributed by atoms with Crippen LogP contribution < -0.4 is 10.2 Å². The predicted octanol–water partition coefficient (Wildman–Crippen LogP) is 5.28. The van der Waals surface area contributed by atoms with Gasteiger partial charge in [-0.25, -0.2) is 4.98 Å². The Morgan fingerprint density at radius 2 is 2.00 bits per heavy atom. The summed E-state index contributed by atoms with van der Waals surface area (Å²) >= 11 is 2.74. The summed E-state index contributed by atoms with van der Waals surface area (Å²) in [6, 6.07) is 13.9. The Labute approximate surface area is 178 Å². The average Bonchev–Trinajstić information content (AvgIpc) is 3.10. The SMILES string of the molecule is CCN1C(=O)C(C)(C(=O)Nc2nc3ccc(C(C)C)cc3s2)Sc2ccccc21. The minimum absolute atomic E-state index is 0.204. The summed E-state index contributed by atoms with van der Waals surface area (Å²) in [4.78, 5) is 33.5. The molecule has 0 fully saturated rings. The van der Waals surface area contributed by atoms with Crippen molar-refractivity contribution in [2.45, 2.75) is 43.3 Å². The van der Waals surface area contributed by atoms with E-state index < -0.39 is 4.75 Å². The summed E-state index contributed by atoms with van der Waals surface area (Å²) in [5, 5.41) is 3.41. The number of benzene rings is 2. The van der Waals surface area contributed by atoms with E-state index in [-0.39, 0.29) is 11.8 Å². The van der Waals surface area contributed by atoms with Crippen LogP contribution in [0.5, 0.6) is 0 Å². The molecule has 0 spiro atoms. The highest BCUT2D eigenvalue weighted by atomic mass is 32.2. The number of fused-ring (bicyclic) bond motifs is 2. The van der Waals surface area contributed by atoms with Crippen LogP contribution >= 0.6 is 23.1 Å². The second-order valence-corrected chi connectivity index (χ2v) is 10.00. The lowest BCUT2D eigenvalue weighted by Crippen LogP contribution is -2.54. The molecule has 150 valence electrons. The standard InChI is InChI=1S/C22H23N3O2S2/c1-5-25-16-8-6-7-9-17(16)29-22(4,20(25)27)19(26)24-21-23-15-11-10-14(13(2)3)12-18(15)28-21/h6-13H,5H2,1-4H3,(H,23,24,26). The fourth-order valence-electron chi connectivity index (χ4n) is 3.42. The first kappa shape index (κ1) is 19.9. The summed E-state index contributed by atoms with van der Waals surface area (Å²) in [5.74, 6) is -0.122. The molecule has 1 N–H and O–H groups in total. The molecule has 2 amide bonds. The van der Waals surface area contributed by atoms with Gasteiger partial charge in [0.05, 0.1) is 15.9 Å². The van der Waals surface area contributed by atoms with Crippen molar-refractivity contribution in [3.05, 3.63) is 48.0 Å². The van der Waals surface area contributed by atoms with Gasteiger partial charge in [0.1, 0.15) is 0 Å². The van der Waals surface area contributed by atoms with Gasteiger partial charge in [0, 0.05) is 11.4 Å². The maximum absolute atomic E-state index is 13.2. The molecule has 7 heteroatoms. The Bertz CT molecular complexity index is 1110. The fraction of sp³-hybridized carbons (Fsp3) is 0.318. The van der Waals surface area contributed by atoms with Gasteiger partial charge in [0.2, 0.25) is 0 Å². The summed E-state index contributed by atoms with van der Waals surface area (Å²) in [7, 11) is 0. The Morgan fingerprint density at radius 1 is 1.24 bits per heavy atom. The third-order valence-electron chi connectivity index (χ3n) is 5.17. The van der Waals surface area contributed by atoms with Crippen molar-refractivity contribution in [1.82, 2.24) is 4.98 Å². The first-order chi connectivity index (χ1) is 13.8. The highest BCUT2D eigenvalue weighted by Gasteiger charge is 2.49. The van der Waals surface area contributed by atoms with Gasteiger partial charge in [0.25, 0.3) is 11.8 Å². The normalized spacial score (nSPS) is 18.9. The molecule has 0 saturated carbocycles.